The Balaban J connectivity index is 1.81. The second-order valence-corrected chi connectivity index (χ2v) is 8.87. The molecule has 8 nitrogen and oxygen atoms in total. The van der Waals surface area contributed by atoms with E-state index in [1.165, 1.54) is 43.3 Å². The standard InChI is InChI=1S/C18H15N3O5S2/c1-2-28(25,26)15-8-4-6-13(10-15)17(22)20-18-19-16(11-27-18)12-5-3-7-14(9-12)21(23)24/h3-11H,2H2,1H3,(H,19,20,22). The quantitative estimate of drug-likeness (QED) is 0.482. The average Bonchev–Trinajstić information content (AvgIpc) is 3.16. The third-order valence-corrected chi connectivity index (χ3v) is 6.40. The molecule has 10 heteroatoms. The van der Waals surface area contributed by atoms with Crippen molar-refractivity contribution in [2.24, 2.45) is 0 Å². The largest absolute Gasteiger partial charge is 0.298 e. The highest BCUT2D eigenvalue weighted by atomic mass is 32.2. The van der Waals surface area contributed by atoms with Gasteiger partial charge in [-0.1, -0.05) is 25.1 Å². The highest BCUT2D eigenvalue weighted by Gasteiger charge is 2.16. The molecule has 0 aliphatic carbocycles. The number of non-ortho nitro benzene ring substituents is 1. The molecule has 0 bridgehead atoms. The summed E-state index contributed by atoms with van der Waals surface area (Å²) >= 11 is 1.16. The number of nitrogens with one attached hydrogen (secondary N) is 1. The lowest BCUT2D eigenvalue weighted by Crippen LogP contribution is -2.13. The van der Waals surface area contributed by atoms with Crippen LogP contribution in [0.5, 0.6) is 0 Å². The molecule has 0 spiro atoms. The highest BCUT2D eigenvalue weighted by Crippen LogP contribution is 2.27. The lowest BCUT2D eigenvalue weighted by molar-refractivity contribution is -0.384. The van der Waals surface area contributed by atoms with Crippen molar-refractivity contribution >= 4 is 37.9 Å². The van der Waals surface area contributed by atoms with E-state index in [4.69, 9.17) is 0 Å². The van der Waals surface area contributed by atoms with E-state index in [-0.39, 0.29) is 21.9 Å². The van der Waals surface area contributed by atoms with E-state index in [1.54, 1.807) is 17.5 Å². The Hall–Kier alpha value is -3.11. The zero-order valence-electron chi connectivity index (χ0n) is 14.7. The smallest absolute Gasteiger partial charge is 0.270 e. The predicted molar refractivity (Wildman–Crippen MR) is 106 cm³/mol. The van der Waals surface area contributed by atoms with Crippen LogP contribution in [0.15, 0.2) is 58.8 Å². The third kappa shape index (κ3) is 4.24. The van der Waals surface area contributed by atoms with Crippen LogP contribution in [0.4, 0.5) is 10.8 Å². The van der Waals surface area contributed by atoms with Crippen LogP contribution in [-0.2, 0) is 9.84 Å². The van der Waals surface area contributed by atoms with Gasteiger partial charge in [0.25, 0.3) is 11.6 Å². The number of nitrogens with zero attached hydrogens (tertiary/aromatic N) is 2. The number of benzene rings is 2. The molecule has 0 atom stereocenters. The number of anilines is 1. The topological polar surface area (TPSA) is 119 Å². The molecular weight excluding hydrogens is 402 g/mol. The maximum Gasteiger partial charge on any atom is 0.270 e. The van der Waals surface area contributed by atoms with Crippen LogP contribution in [-0.4, -0.2) is 30.0 Å². The number of sulfone groups is 1. The van der Waals surface area contributed by atoms with Crippen molar-refractivity contribution < 1.29 is 18.1 Å². The van der Waals surface area contributed by atoms with Crippen molar-refractivity contribution in [1.82, 2.24) is 4.98 Å². The van der Waals surface area contributed by atoms with Crippen LogP contribution in [0.1, 0.15) is 17.3 Å². The molecule has 0 unspecified atom stereocenters. The summed E-state index contributed by atoms with van der Waals surface area (Å²) in [5.74, 6) is -0.551. The maximum absolute atomic E-state index is 12.4. The minimum absolute atomic E-state index is 0.0509. The minimum Gasteiger partial charge on any atom is -0.298 e. The van der Waals surface area contributed by atoms with E-state index < -0.39 is 20.7 Å². The molecule has 1 heterocycles. The Labute approximate surface area is 164 Å². The molecule has 0 aliphatic heterocycles. The first-order valence-corrected chi connectivity index (χ1v) is 10.7. The number of nitro groups is 1. The molecule has 0 fully saturated rings. The fourth-order valence-electron chi connectivity index (χ4n) is 2.41. The molecule has 0 aliphatic rings. The molecular formula is C18H15N3O5S2. The number of nitro benzene ring substituents is 1. The van der Waals surface area contributed by atoms with Gasteiger partial charge in [-0.3, -0.25) is 20.2 Å². The molecule has 0 saturated heterocycles. The Morgan fingerprint density at radius 1 is 1.21 bits per heavy atom. The Morgan fingerprint density at radius 2 is 1.96 bits per heavy atom. The van der Waals surface area contributed by atoms with Gasteiger partial charge in [0.05, 0.1) is 21.3 Å². The highest BCUT2D eigenvalue weighted by molar-refractivity contribution is 7.91. The second kappa shape index (κ2) is 7.87. The van der Waals surface area contributed by atoms with Gasteiger partial charge in [-0.25, -0.2) is 13.4 Å². The van der Waals surface area contributed by atoms with Gasteiger partial charge in [0, 0.05) is 28.6 Å². The Kier molecular flexibility index (Phi) is 5.52. The number of amides is 1. The molecule has 144 valence electrons. The summed E-state index contributed by atoms with van der Waals surface area (Å²) in [6.45, 7) is 1.53. The van der Waals surface area contributed by atoms with Crippen LogP contribution in [0.3, 0.4) is 0 Å². The number of thiazole rings is 1. The van der Waals surface area contributed by atoms with Crippen molar-refractivity contribution in [3.05, 3.63) is 69.6 Å². The fraction of sp³-hybridized carbons (Fsp3) is 0.111. The molecule has 28 heavy (non-hydrogen) atoms. The van der Waals surface area contributed by atoms with Gasteiger partial charge >= 0.3 is 0 Å². The molecule has 0 radical (unpaired) electrons. The number of hydrogen-bond acceptors (Lipinski definition) is 7. The number of aromatic nitrogens is 1. The summed E-state index contributed by atoms with van der Waals surface area (Å²) in [4.78, 5) is 27.2. The number of hydrogen-bond donors (Lipinski definition) is 1. The summed E-state index contributed by atoms with van der Waals surface area (Å²) in [5, 5.41) is 15.5. The SMILES string of the molecule is CCS(=O)(=O)c1cccc(C(=O)Nc2nc(-c3cccc([N+](=O)[O-])c3)cs2)c1. The summed E-state index contributed by atoms with van der Waals surface area (Å²) in [5.41, 5.74) is 1.19. The number of rotatable bonds is 6. The zero-order valence-corrected chi connectivity index (χ0v) is 16.3. The van der Waals surface area contributed by atoms with Crippen LogP contribution in [0.2, 0.25) is 0 Å². The molecule has 0 saturated carbocycles. The van der Waals surface area contributed by atoms with Crippen LogP contribution in [0, 0.1) is 10.1 Å². The number of carbonyl (C=O) groups is 1. The second-order valence-electron chi connectivity index (χ2n) is 5.73. The molecule has 1 N–H and O–H groups in total. The summed E-state index contributed by atoms with van der Waals surface area (Å²) in [6, 6.07) is 11.8. The lowest BCUT2D eigenvalue weighted by Gasteiger charge is -2.05. The molecule has 3 rings (SSSR count). The minimum atomic E-state index is -3.42. The Bertz CT molecular complexity index is 1160. The van der Waals surface area contributed by atoms with E-state index in [1.807, 2.05) is 0 Å². The first-order chi connectivity index (χ1) is 13.3. The summed E-state index contributed by atoms with van der Waals surface area (Å²) in [7, 11) is -3.42. The molecule has 1 amide bonds. The van der Waals surface area contributed by atoms with Crippen LogP contribution < -0.4 is 5.32 Å². The maximum atomic E-state index is 12.4. The fourth-order valence-corrected chi connectivity index (χ4v) is 4.05. The molecule has 1 aromatic heterocycles. The van der Waals surface area contributed by atoms with Crippen molar-refractivity contribution in [1.29, 1.82) is 0 Å². The van der Waals surface area contributed by atoms with Crippen molar-refractivity contribution in [2.45, 2.75) is 11.8 Å². The van der Waals surface area contributed by atoms with E-state index in [0.29, 0.717) is 16.4 Å². The van der Waals surface area contributed by atoms with Gasteiger partial charge in [-0.2, -0.15) is 0 Å². The van der Waals surface area contributed by atoms with Crippen molar-refractivity contribution in [2.75, 3.05) is 11.1 Å². The van der Waals surface area contributed by atoms with Crippen LogP contribution >= 0.6 is 11.3 Å². The van der Waals surface area contributed by atoms with Crippen molar-refractivity contribution in [3.8, 4) is 11.3 Å². The molecule has 3 aromatic rings. The van der Waals surface area contributed by atoms with Gasteiger partial charge in [-0.05, 0) is 18.2 Å². The van der Waals surface area contributed by atoms with Crippen molar-refractivity contribution in [3.63, 3.8) is 0 Å². The lowest BCUT2D eigenvalue weighted by atomic mass is 10.1. The Morgan fingerprint density at radius 3 is 2.68 bits per heavy atom. The van der Waals surface area contributed by atoms with E-state index in [2.05, 4.69) is 10.3 Å². The van der Waals surface area contributed by atoms with E-state index >= 15 is 0 Å². The molecule has 2 aromatic carbocycles. The van der Waals surface area contributed by atoms with Gasteiger partial charge < -0.3 is 0 Å². The van der Waals surface area contributed by atoms with Gasteiger partial charge in [0.15, 0.2) is 15.0 Å². The third-order valence-electron chi connectivity index (χ3n) is 3.91. The average molecular weight is 417 g/mol. The zero-order chi connectivity index (χ0) is 20.3. The summed E-state index contributed by atoms with van der Waals surface area (Å²) < 4.78 is 24.0. The predicted octanol–water partition coefficient (Wildman–Crippen LogP) is 3.76. The van der Waals surface area contributed by atoms with Gasteiger partial charge in [0.1, 0.15) is 0 Å². The van der Waals surface area contributed by atoms with Crippen LogP contribution in [0.25, 0.3) is 11.3 Å². The first kappa shape index (κ1) is 19.6. The monoisotopic (exact) mass is 417 g/mol. The summed E-state index contributed by atoms with van der Waals surface area (Å²) in [6.07, 6.45) is 0. The van der Waals surface area contributed by atoms with E-state index in [9.17, 15) is 23.3 Å². The normalized spacial score (nSPS) is 11.2. The first-order valence-electron chi connectivity index (χ1n) is 8.14. The van der Waals surface area contributed by atoms with Gasteiger partial charge in [0.2, 0.25) is 0 Å². The van der Waals surface area contributed by atoms with E-state index in [0.717, 1.165) is 11.3 Å². The van der Waals surface area contributed by atoms with Gasteiger partial charge in [-0.15, -0.1) is 11.3 Å². The number of carbonyl (C=O) groups excluding carboxylic acids is 1.